The van der Waals surface area contributed by atoms with Gasteiger partial charge in [0.2, 0.25) is 11.8 Å². The Morgan fingerprint density at radius 2 is 1.44 bits per heavy atom. The van der Waals surface area contributed by atoms with E-state index >= 15 is 0 Å². The molecule has 0 aromatic heterocycles. The summed E-state index contributed by atoms with van der Waals surface area (Å²) in [6, 6.07) is 15.0. The van der Waals surface area contributed by atoms with Crippen molar-refractivity contribution in [3.8, 4) is 0 Å². The van der Waals surface area contributed by atoms with Gasteiger partial charge >= 0.3 is 0 Å². The highest BCUT2D eigenvalue weighted by atomic mass is 16.2. The summed E-state index contributed by atoms with van der Waals surface area (Å²) in [4.78, 5) is 30.5. The minimum Gasteiger partial charge on any atom is -0.307 e. The molecule has 2 amide bonds. The van der Waals surface area contributed by atoms with Gasteiger partial charge in [0.25, 0.3) is 0 Å². The summed E-state index contributed by atoms with van der Waals surface area (Å²) in [5.74, 6) is 0.356. The first kappa shape index (κ1) is 26.2. The van der Waals surface area contributed by atoms with Crippen molar-refractivity contribution in [1.29, 1.82) is 0 Å². The highest BCUT2D eigenvalue weighted by molar-refractivity contribution is 6.01. The lowest BCUT2D eigenvalue weighted by atomic mass is 9.64. The highest BCUT2D eigenvalue weighted by Crippen LogP contribution is 2.52. The number of amides is 2. The molecule has 0 saturated heterocycles. The number of carbonyl (C=O) groups is 2. The second-order valence-corrected chi connectivity index (χ2v) is 12.0. The van der Waals surface area contributed by atoms with Gasteiger partial charge < -0.3 is 9.80 Å². The van der Waals surface area contributed by atoms with Gasteiger partial charge in [0.1, 0.15) is 0 Å². The zero-order chi connectivity index (χ0) is 26.5. The van der Waals surface area contributed by atoms with Crippen molar-refractivity contribution in [3.05, 3.63) is 65.2 Å². The molecular weight excluding hydrogens is 444 g/mol. The van der Waals surface area contributed by atoms with Crippen LogP contribution in [-0.2, 0) is 15.0 Å². The second kappa shape index (κ2) is 9.21. The minimum atomic E-state index is -0.367. The molecule has 4 rings (SSSR count). The number of rotatable bonds is 5. The van der Waals surface area contributed by atoms with E-state index in [2.05, 4.69) is 97.9 Å². The smallest absolute Gasteiger partial charge is 0.227 e. The van der Waals surface area contributed by atoms with E-state index in [4.69, 9.17) is 0 Å². The third-order valence-corrected chi connectivity index (χ3v) is 8.00. The number of fused-ring (bicyclic) bond motifs is 2. The number of hydrogen-bond acceptors (Lipinski definition) is 2. The largest absolute Gasteiger partial charge is 0.307 e. The molecular formula is C32H42N2O2. The fourth-order valence-corrected chi connectivity index (χ4v) is 6.71. The van der Waals surface area contributed by atoms with Crippen LogP contribution in [-0.4, -0.2) is 22.9 Å². The fourth-order valence-electron chi connectivity index (χ4n) is 6.71. The van der Waals surface area contributed by atoms with Crippen molar-refractivity contribution in [2.75, 3.05) is 9.80 Å². The lowest BCUT2D eigenvalue weighted by Gasteiger charge is -2.51. The first-order chi connectivity index (χ1) is 16.9. The topological polar surface area (TPSA) is 40.6 Å². The summed E-state index contributed by atoms with van der Waals surface area (Å²) in [5.41, 5.74) is 5.76. The SMILES string of the molecule is CCCC(=O)N1c2ccc(C3(C)CC(C)(C)N(C(=O)CCC)c4ccccc43)cc2C(C)=CC1(C)C. The molecule has 1 atom stereocenters. The molecule has 0 aliphatic carbocycles. The standard InChI is InChI=1S/C32H42N2O2/c1-9-13-28(35)33-26-18-17-23(19-24(26)22(3)20-30(33,4)5)32(8)21-31(6,7)34(29(36)14-10-2)27-16-12-11-15-25(27)32/h11-12,15-20H,9-10,13-14,21H2,1-8H3. The Morgan fingerprint density at radius 1 is 0.833 bits per heavy atom. The van der Waals surface area contributed by atoms with Crippen LogP contribution in [0.4, 0.5) is 11.4 Å². The number of anilines is 2. The summed E-state index contributed by atoms with van der Waals surface area (Å²) in [7, 11) is 0. The number of para-hydroxylation sites is 1. The van der Waals surface area contributed by atoms with Gasteiger partial charge in [-0.15, -0.1) is 0 Å². The molecule has 2 aromatic carbocycles. The van der Waals surface area contributed by atoms with E-state index in [0.717, 1.165) is 36.2 Å². The molecule has 0 spiro atoms. The third kappa shape index (κ3) is 4.19. The van der Waals surface area contributed by atoms with Crippen molar-refractivity contribution in [1.82, 2.24) is 0 Å². The van der Waals surface area contributed by atoms with E-state index in [0.29, 0.717) is 12.8 Å². The molecule has 2 aliphatic heterocycles. The maximum atomic E-state index is 13.3. The number of nitrogens with zero attached hydrogens (tertiary/aromatic N) is 2. The lowest BCUT2D eigenvalue weighted by molar-refractivity contribution is -0.120. The molecule has 0 radical (unpaired) electrons. The average Bonchev–Trinajstić information content (AvgIpc) is 2.78. The first-order valence-corrected chi connectivity index (χ1v) is 13.5. The molecule has 1 unspecified atom stereocenters. The summed E-state index contributed by atoms with van der Waals surface area (Å²) in [6.07, 6.45) is 5.80. The van der Waals surface area contributed by atoms with Gasteiger partial charge in [-0.2, -0.15) is 0 Å². The number of hydrogen-bond donors (Lipinski definition) is 0. The van der Waals surface area contributed by atoms with Crippen LogP contribution in [0.15, 0.2) is 48.5 Å². The molecule has 4 nitrogen and oxygen atoms in total. The summed E-state index contributed by atoms with van der Waals surface area (Å²) < 4.78 is 0. The van der Waals surface area contributed by atoms with E-state index in [9.17, 15) is 9.59 Å². The van der Waals surface area contributed by atoms with E-state index < -0.39 is 0 Å². The second-order valence-electron chi connectivity index (χ2n) is 12.0. The molecule has 2 aliphatic rings. The summed E-state index contributed by atoms with van der Waals surface area (Å²) in [6.45, 7) is 17.2. The molecule has 0 bridgehead atoms. The number of benzene rings is 2. The van der Waals surface area contributed by atoms with E-state index in [-0.39, 0.29) is 28.3 Å². The van der Waals surface area contributed by atoms with Crippen LogP contribution in [0.5, 0.6) is 0 Å². The predicted molar refractivity (Wildman–Crippen MR) is 151 cm³/mol. The van der Waals surface area contributed by atoms with Crippen LogP contribution in [0.3, 0.4) is 0 Å². The maximum absolute atomic E-state index is 13.3. The minimum absolute atomic E-state index is 0.167. The average molecular weight is 487 g/mol. The lowest BCUT2D eigenvalue weighted by Crippen LogP contribution is -2.55. The zero-order valence-electron chi connectivity index (χ0n) is 23.4. The zero-order valence-corrected chi connectivity index (χ0v) is 23.4. The fraction of sp³-hybridized carbons (Fsp3) is 0.500. The predicted octanol–water partition coefficient (Wildman–Crippen LogP) is 7.64. The molecule has 0 N–H and O–H groups in total. The Hall–Kier alpha value is -2.88. The Morgan fingerprint density at radius 3 is 2.08 bits per heavy atom. The van der Waals surface area contributed by atoms with Crippen molar-refractivity contribution >= 4 is 28.8 Å². The summed E-state index contributed by atoms with van der Waals surface area (Å²) in [5, 5.41) is 0. The van der Waals surface area contributed by atoms with Gasteiger partial charge in [-0.1, -0.05) is 51.1 Å². The van der Waals surface area contributed by atoms with Crippen LogP contribution in [0, 0.1) is 0 Å². The van der Waals surface area contributed by atoms with Crippen LogP contribution in [0.1, 0.15) is 104 Å². The van der Waals surface area contributed by atoms with Crippen LogP contribution >= 0.6 is 0 Å². The van der Waals surface area contributed by atoms with E-state index in [1.54, 1.807) is 0 Å². The third-order valence-electron chi connectivity index (χ3n) is 8.00. The van der Waals surface area contributed by atoms with Crippen molar-refractivity contribution in [2.45, 2.75) is 104 Å². The number of carbonyl (C=O) groups excluding carboxylic acids is 2. The molecule has 192 valence electrons. The van der Waals surface area contributed by atoms with Crippen molar-refractivity contribution < 1.29 is 9.59 Å². The Balaban J connectivity index is 1.88. The Kier molecular flexibility index (Phi) is 6.70. The van der Waals surface area contributed by atoms with E-state index in [1.807, 2.05) is 15.9 Å². The molecule has 2 aromatic rings. The van der Waals surface area contributed by atoms with Gasteiger partial charge in [0.05, 0.1) is 11.2 Å². The molecule has 36 heavy (non-hydrogen) atoms. The summed E-state index contributed by atoms with van der Waals surface area (Å²) >= 11 is 0. The van der Waals surface area contributed by atoms with Crippen LogP contribution in [0.2, 0.25) is 0 Å². The molecule has 0 saturated carbocycles. The normalized spacial score (nSPS) is 21.9. The Bertz CT molecular complexity index is 1220. The van der Waals surface area contributed by atoms with Gasteiger partial charge in [-0.25, -0.2) is 0 Å². The van der Waals surface area contributed by atoms with Gasteiger partial charge in [0.15, 0.2) is 0 Å². The van der Waals surface area contributed by atoms with Crippen LogP contribution < -0.4 is 9.80 Å². The molecule has 0 fully saturated rings. The maximum Gasteiger partial charge on any atom is 0.227 e. The van der Waals surface area contributed by atoms with Gasteiger partial charge in [0, 0.05) is 35.0 Å². The van der Waals surface area contributed by atoms with Crippen molar-refractivity contribution in [3.63, 3.8) is 0 Å². The molecule has 2 heterocycles. The monoisotopic (exact) mass is 486 g/mol. The highest BCUT2D eigenvalue weighted by Gasteiger charge is 2.48. The quantitative estimate of drug-likeness (QED) is 0.436. The van der Waals surface area contributed by atoms with Crippen LogP contribution in [0.25, 0.3) is 5.57 Å². The Labute approximate surface area is 217 Å². The van der Waals surface area contributed by atoms with E-state index in [1.165, 1.54) is 16.7 Å². The first-order valence-electron chi connectivity index (χ1n) is 13.5. The van der Waals surface area contributed by atoms with Gasteiger partial charge in [-0.05, 0) is 88.8 Å². The number of allylic oxidation sites excluding steroid dienone is 1. The van der Waals surface area contributed by atoms with Gasteiger partial charge in [-0.3, -0.25) is 9.59 Å². The molecule has 4 heteroatoms. The van der Waals surface area contributed by atoms with Crippen molar-refractivity contribution in [2.24, 2.45) is 0 Å².